The Morgan fingerprint density at radius 2 is 1.45 bits per heavy atom. The zero-order valence-electron chi connectivity index (χ0n) is 30.0. The predicted octanol–water partition coefficient (Wildman–Crippen LogP) is 10.7. The maximum atomic E-state index is 14.4. The average Bonchev–Trinajstić information content (AvgIpc) is 3.03. The fourth-order valence-electron chi connectivity index (χ4n) is 9.05. The van der Waals surface area contributed by atoms with E-state index in [2.05, 4.69) is 111 Å². The number of Topliss-reactive ketones (excluding diaryl/α,β-unsaturated/α-hetero) is 2. The van der Waals surface area contributed by atoms with Crippen LogP contribution in [0.25, 0.3) is 10.8 Å². The maximum Gasteiger partial charge on any atom is 0.174 e. The molecule has 0 radical (unpaired) electrons. The number of ketones is 2. The van der Waals surface area contributed by atoms with Crippen LogP contribution in [0.5, 0.6) is 11.5 Å². The van der Waals surface area contributed by atoms with Crippen LogP contribution >= 0.6 is 22.6 Å². The van der Waals surface area contributed by atoms with E-state index in [1.54, 1.807) is 0 Å². The highest BCUT2D eigenvalue weighted by Gasteiger charge is 2.50. The van der Waals surface area contributed by atoms with Gasteiger partial charge in [0.05, 0.1) is 10.2 Å². The molecule has 49 heavy (non-hydrogen) atoms. The highest BCUT2D eigenvalue weighted by atomic mass is 127. The second-order valence-corrected chi connectivity index (χ2v) is 17.5. The zero-order chi connectivity index (χ0) is 34.7. The van der Waals surface area contributed by atoms with Gasteiger partial charge in [-0.2, -0.15) is 0 Å². The van der Waals surface area contributed by atoms with Crippen LogP contribution in [0.2, 0.25) is 0 Å². The third kappa shape index (κ3) is 6.47. The summed E-state index contributed by atoms with van der Waals surface area (Å²) < 4.78 is 13.9. The van der Waals surface area contributed by atoms with Gasteiger partial charge in [0.25, 0.3) is 0 Å². The normalized spacial score (nSPS) is 21.2. The van der Waals surface area contributed by atoms with Gasteiger partial charge in [-0.25, -0.2) is 0 Å². The van der Waals surface area contributed by atoms with Crippen LogP contribution < -0.4 is 9.47 Å². The lowest BCUT2D eigenvalue weighted by Crippen LogP contribution is -2.48. The van der Waals surface area contributed by atoms with Crippen LogP contribution in [0.4, 0.5) is 0 Å². The van der Waals surface area contributed by atoms with Crippen molar-refractivity contribution in [1.82, 2.24) is 4.90 Å². The fourth-order valence-corrected chi connectivity index (χ4v) is 9.83. The molecule has 1 fully saturated rings. The van der Waals surface area contributed by atoms with E-state index >= 15 is 0 Å². The Morgan fingerprint density at radius 1 is 0.816 bits per heavy atom. The summed E-state index contributed by atoms with van der Waals surface area (Å²) in [5.41, 5.74) is 7.04. The quantitative estimate of drug-likeness (QED) is 0.224. The molecule has 7 rings (SSSR count). The molecule has 258 valence electrons. The van der Waals surface area contributed by atoms with Gasteiger partial charge >= 0.3 is 0 Å². The fraction of sp³-hybridized carbons (Fsp3) is 0.488. The Hall–Kier alpha value is -3.13. The molecule has 0 N–H and O–H groups in total. The van der Waals surface area contributed by atoms with E-state index in [9.17, 15) is 9.59 Å². The van der Waals surface area contributed by atoms with Crippen LogP contribution in [-0.4, -0.2) is 29.1 Å². The van der Waals surface area contributed by atoms with Crippen molar-refractivity contribution < 1.29 is 19.1 Å². The Balaban J connectivity index is 1.37. The summed E-state index contributed by atoms with van der Waals surface area (Å²) in [6, 6.07) is 17.3. The SMILES string of the molecule is CCOc1cc(C2C3=C(CC(C)(C)CC3=O)N(C3CCCCC3)C3=C2C(=O)CC(C)(C)C3)cc(I)c1OCc1c(C)ccc2ccccc12. The number of benzene rings is 3. The van der Waals surface area contributed by atoms with E-state index in [4.69, 9.17) is 9.47 Å². The van der Waals surface area contributed by atoms with Crippen LogP contribution in [-0.2, 0) is 16.2 Å². The number of allylic oxidation sites excluding steroid dienone is 4. The maximum absolute atomic E-state index is 14.4. The van der Waals surface area contributed by atoms with Crippen molar-refractivity contribution in [2.24, 2.45) is 10.8 Å². The van der Waals surface area contributed by atoms with E-state index in [0.29, 0.717) is 43.6 Å². The number of hydrogen-bond acceptors (Lipinski definition) is 5. The zero-order valence-corrected chi connectivity index (χ0v) is 32.2. The lowest BCUT2D eigenvalue weighted by atomic mass is 9.63. The first-order valence-electron chi connectivity index (χ1n) is 18.3. The Kier molecular flexibility index (Phi) is 9.25. The average molecular weight is 772 g/mol. The van der Waals surface area contributed by atoms with Gasteiger partial charge in [0.1, 0.15) is 6.61 Å². The molecule has 1 heterocycles. The lowest BCUT2D eigenvalue weighted by molar-refractivity contribution is -0.119. The van der Waals surface area contributed by atoms with Gasteiger partial charge < -0.3 is 14.4 Å². The van der Waals surface area contributed by atoms with E-state index < -0.39 is 5.92 Å². The van der Waals surface area contributed by atoms with Crippen LogP contribution in [0.3, 0.4) is 0 Å². The molecule has 0 aromatic heterocycles. The van der Waals surface area contributed by atoms with Crippen LogP contribution in [0.15, 0.2) is 71.1 Å². The summed E-state index contributed by atoms with van der Waals surface area (Å²) >= 11 is 2.36. The summed E-state index contributed by atoms with van der Waals surface area (Å²) in [6.45, 7) is 13.9. The lowest BCUT2D eigenvalue weighted by Gasteiger charge is -2.52. The molecular weight excluding hydrogens is 721 g/mol. The van der Waals surface area contributed by atoms with E-state index in [1.807, 2.05) is 6.92 Å². The molecule has 5 nitrogen and oxygen atoms in total. The Morgan fingerprint density at radius 3 is 2.08 bits per heavy atom. The molecule has 0 bridgehead atoms. The first kappa shape index (κ1) is 34.3. The van der Waals surface area contributed by atoms with Gasteiger partial charge in [-0.3, -0.25) is 9.59 Å². The summed E-state index contributed by atoms with van der Waals surface area (Å²) in [4.78, 5) is 31.4. The number of aryl methyl sites for hydroxylation is 1. The van der Waals surface area contributed by atoms with Crippen molar-refractivity contribution in [2.75, 3.05) is 6.61 Å². The van der Waals surface area contributed by atoms with Crippen LogP contribution in [0.1, 0.15) is 115 Å². The number of hydrogen-bond donors (Lipinski definition) is 0. The molecule has 0 unspecified atom stereocenters. The van der Waals surface area contributed by atoms with E-state index in [-0.39, 0.29) is 22.4 Å². The van der Waals surface area contributed by atoms with E-state index in [1.165, 1.54) is 47.0 Å². The molecule has 0 spiro atoms. The van der Waals surface area contributed by atoms with Crippen molar-refractivity contribution in [2.45, 2.75) is 118 Å². The number of carbonyl (C=O) groups is 2. The first-order valence-corrected chi connectivity index (χ1v) is 19.3. The molecule has 3 aromatic rings. The Labute approximate surface area is 305 Å². The van der Waals surface area contributed by atoms with E-state index in [0.717, 1.165) is 51.5 Å². The second-order valence-electron chi connectivity index (χ2n) is 16.3. The van der Waals surface area contributed by atoms with Crippen molar-refractivity contribution in [3.8, 4) is 11.5 Å². The molecule has 4 aliphatic rings. The van der Waals surface area contributed by atoms with Crippen molar-refractivity contribution in [3.63, 3.8) is 0 Å². The molecule has 3 aromatic carbocycles. The third-order valence-corrected chi connectivity index (χ3v) is 12.0. The minimum Gasteiger partial charge on any atom is -0.490 e. The topological polar surface area (TPSA) is 55.8 Å². The molecule has 0 atom stereocenters. The van der Waals surface area contributed by atoms with Gasteiger partial charge in [-0.15, -0.1) is 0 Å². The summed E-state index contributed by atoms with van der Waals surface area (Å²) in [5.74, 6) is 1.32. The molecule has 0 saturated heterocycles. The number of fused-ring (bicyclic) bond motifs is 1. The number of carbonyl (C=O) groups excluding carboxylic acids is 2. The highest BCUT2D eigenvalue weighted by molar-refractivity contribution is 14.1. The van der Waals surface area contributed by atoms with Crippen molar-refractivity contribution in [1.29, 1.82) is 0 Å². The number of halogens is 1. The number of rotatable bonds is 7. The molecule has 0 amide bonds. The largest absolute Gasteiger partial charge is 0.490 e. The Bertz CT molecular complexity index is 1840. The predicted molar refractivity (Wildman–Crippen MR) is 205 cm³/mol. The van der Waals surface area contributed by atoms with Gasteiger partial charge in [-0.1, -0.05) is 83.4 Å². The van der Waals surface area contributed by atoms with Gasteiger partial charge in [0.15, 0.2) is 23.1 Å². The highest BCUT2D eigenvalue weighted by Crippen LogP contribution is 2.56. The summed E-state index contributed by atoms with van der Waals surface area (Å²) in [6.07, 6.45) is 8.52. The first-order chi connectivity index (χ1) is 23.4. The molecule has 1 saturated carbocycles. The van der Waals surface area contributed by atoms with Gasteiger partial charge in [0, 0.05) is 52.9 Å². The molecule has 1 aliphatic heterocycles. The summed E-state index contributed by atoms with van der Waals surface area (Å²) in [7, 11) is 0. The van der Waals surface area contributed by atoms with Gasteiger partial charge in [-0.05, 0) is 107 Å². The minimum atomic E-state index is -0.404. The van der Waals surface area contributed by atoms with Crippen molar-refractivity contribution >= 4 is 44.9 Å². The number of ether oxygens (including phenoxy) is 2. The molecule has 3 aliphatic carbocycles. The second kappa shape index (κ2) is 13.2. The monoisotopic (exact) mass is 771 g/mol. The van der Waals surface area contributed by atoms with Crippen molar-refractivity contribution in [3.05, 3.63) is 91.3 Å². The van der Waals surface area contributed by atoms with Gasteiger partial charge in [0.2, 0.25) is 0 Å². The molecule has 6 heteroatoms. The smallest absolute Gasteiger partial charge is 0.174 e. The standard InChI is InChI=1S/C43H50INO4/c1-7-48-37-20-28(19-32(44)41(37)49-25-31-26(2)17-18-27-13-11-12-16-30(27)31)38-39-33(21-42(3,4)23-35(39)46)45(29-14-9-8-10-15-29)34-22-43(5,6)24-36(47)40(34)38/h11-13,16-20,29,38H,7-10,14-15,21-25H2,1-6H3. The van der Waals surface area contributed by atoms with Crippen LogP contribution in [0, 0.1) is 21.3 Å². The summed E-state index contributed by atoms with van der Waals surface area (Å²) in [5, 5.41) is 2.38. The minimum absolute atomic E-state index is 0.137. The number of nitrogens with zero attached hydrogens (tertiary/aromatic N) is 1. The molecular formula is C43H50INO4. The third-order valence-electron chi connectivity index (χ3n) is 11.2.